The summed E-state index contributed by atoms with van der Waals surface area (Å²) in [7, 11) is 0. The number of pyridine rings is 1. The second-order valence-corrected chi connectivity index (χ2v) is 4.24. The molecule has 110 valence electrons. The van der Waals surface area contributed by atoms with E-state index in [1.54, 1.807) is 0 Å². The number of amides is 1. The standard InChI is InChI=1S/C14H10F4N2O/c15-11-3-1-9(2-4-11)12(14(16,17)18)20-13(21)10-5-7-19-8-6-10/h1-8,12H,(H,20,21)/t12-/m1/s1. The second kappa shape index (κ2) is 5.90. The van der Waals surface area contributed by atoms with Crippen molar-refractivity contribution in [3.63, 3.8) is 0 Å². The molecule has 0 radical (unpaired) electrons. The highest BCUT2D eigenvalue weighted by Crippen LogP contribution is 2.32. The first kappa shape index (κ1) is 15.0. The van der Waals surface area contributed by atoms with Gasteiger partial charge in [-0.15, -0.1) is 0 Å². The Labute approximate surface area is 117 Å². The molecular weight excluding hydrogens is 288 g/mol. The number of halogens is 4. The van der Waals surface area contributed by atoms with Crippen LogP contribution in [-0.4, -0.2) is 17.1 Å². The average Bonchev–Trinajstić information content (AvgIpc) is 2.45. The number of nitrogens with zero attached hydrogens (tertiary/aromatic N) is 1. The van der Waals surface area contributed by atoms with Crippen LogP contribution in [0.15, 0.2) is 48.8 Å². The van der Waals surface area contributed by atoms with Crippen LogP contribution in [0.4, 0.5) is 17.6 Å². The molecular formula is C14H10F4N2O. The SMILES string of the molecule is O=C(N[C@H](c1ccc(F)cc1)C(F)(F)F)c1ccncc1. The van der Waals surface area contributed by atoms with Crippen molar-refractivity contribution >= 4 is 5.91 Å². The van der Waals surface area contributed by atoms with E-state index in [0.717, 1.165) is 24.3 Å². The molecule has 7 heteroatoms. The largest absolute Gasteiger partial charge is 0.412 e. The summed E-state index contributed by atoms with van der Waals surface area (Å²) in [5.74, 6) is -1.54. The summed E-state index contributed by atoms with van der Waals surface area (Å²) in [6, 6.07) is 4.18. The van der Waals surface area contributed by atoms with Crippen LogP contribution in [0.1, 0.15) is 22.0 Å². The van der Waals surface area contributed by atoms with Crippen LogP contribution in [0, 0.1) is 5.82 Å². The van der Waals surface area contributed by atoms with Gasteiger partial charge < -0.3 is 5.32 Å². The Morgan fingerprint density at radius 1 is 1.05 bits per heavy atom. The van der Waals surface area contributed by atoms with Gasteiger partial charge in [0, 0.05) is 18.0 Å². The number of carbonyl (C=O) groups excluding carboxylic acids is 1. The van der Waals surface area contributed by atoms with Gasteiger partial charge in [-0.3, -0.25) is 9.78 Å². The molecule has 0 aliphatic heterocycles. The zero-order chi connectivity index (χ0) is 15.5. The Hall–Kier alpha value is -2.44. The Bertz CT molecular complexity index is 611. The van der Waals surface area contributed by atoms with Crippen molar-refractivity contribution in [1.82, 2.24) is 10.3 Å². The highest BCUT2D eigenvalue weighted by molar-refractivity contribution is 5.94. The Morgan fingerprint density at radius 3 is 2.14 bits per heavy atom. The van der Waals surface area contributed by atoms with Gasteiger partial charge in [0.1, 0.15) is 5.82 Å². The predicted octanol–water partition coefficient (Wildman–Crippen LogP) is 3.25. The first-order valence-corrected chi connectivity index (χ1v) is 5.91. The lowest BCUT2D eigenvalue weighted by Crippen LogP contribution is -2.38. The molecule has 1 aromatic heterocycles. The zero-order valence-electron chi connectivity index (χ0n) is 10.6. The van der Waals surface area contributed by atoms with E-state index in [0.29, 0.717) is 0 Å². The van der Waals surface area contributed by atoms with Crippen LogP contribution >= 0.6 is 0 Å². The van der Waals surface area contributed by atoms with Crippen molar-refractivity contribution in [2.45, 2.75) is 12.2 Å². The van der Waals surface area contributed by atoms with E-state index in [1.807, 2.05) is 5.32 Å². The van der Waals surface area contributed by atoms with E-state index in [9.17, 15) is 22.4 Å². The number of rotatable bonds is 3. The first-order chi connectivity index (χ1) is 9.88. The third-order valence-corrected chi connectivity index (χ3v) is 2.75. The third-order valence-electron chi connectivity index (χ3n) is 2.75. The van der Waals surface area contributed by atoms with Crippen LogP contribution in [0.5, 0.6) is 0 Å². The van der Waals surface area contributed by atoms with Crippen LogP contribution < -0.4 is 5.32 Å². The summed E-state index contributed by atoms with van der Waals surface area (Å²) in [6.07, 6.45) is -2.09. The molecule has 0 spiro atoms. The molecule has 1 aromatic carbocycles. The van der Waals surface area contributed by atoms with E-state index in [4.69, 9.17) is 0 Å². The number of benzene rings is 1. The fourth-order valence-corrected chi connectivity index (χ4v) is 1.73. The maximum absolute atomic E-state index is 13.1. The molecule has 3 nitrogen and oxygen atoms in total. The molecule has 0 unspecified atom stereocenters. The van der Waals surface area contributed by atoms with Gasteiger partial charge in [-0.25, -0.2) is 4.39 Å². The number of hydrogen-bond donors (Lipinski definition) is 1. The molecule has 0 bridgehead atoms. The Balaban J connectivity index is 2.26. The lowest BCUT2D eigenvalue weighted by molar-refractivity contribution is -0.155. The highest BCUT2D eigenvalue weighted by atomic mass is 19.4. The maximum atomic E-state index is 13.1. The smallest absolute Gasteiger partial charge is 0.337 e. The molecule has 0 fully saturated rings. The molecule has 0 aliphatic rings. The molecule has 0 saturated carbocycles. The van der Waals surface area contributed by atoms with Crippen LogP contribution in [0.25, 0.3) is 0 Å². The van der Waals surface area contributed by atoms with E-state index in [2.05, 4.69) is 4.98 Å². The molecule has 1 atom stereocenters. The van der Waals surface area contributed by atoms with Crippen LogP contribution in [-0.2, 0) is 0 Å². The van der Waals surface area contributed by atoms with Crippen molar-refractivity contribution < 1.29 is 22.4 Å². The highest BCUT2D eigenvalue weighted by Gasteiger charge is 2.42. The summed E-state index contributed by atoms with van der Waals surface area (Å²) in [4.78, 5) is 15.5. The average molecular weight is 298 g/mol. The predicted molar refractivity (Wildman–Crippen MR) is 66.9 cm³/mol. The van der Waals surface area contributed by atoms with E-state index < -0.39 is 23.9 Å². The summed E-state index contributed by atoms with van der Waals surface area (Å²) >= 11 is 0. The first-order valence-electron chi connectivity index (χ1n) is 5.91. The fourth-order valence-electron chi connectivity index (χ4n) is 1.73. The van der Waals surface area contributed by atoms with Crippen molar-refractivity contribution in [2.24, 2.45) is 0 Å². The molecule has 0 aliphatic carbocycles. The van der Waals surface area contributed by atoms with Crippen molar-refractivity contribution in [3.05, 3.63) is 65.7 Å². The van der Waals surface area contributed by atoms with Gasteiger partial charge in [-0.05, 0) is 29.8 Å². The molecule has 1 N–H and O–H groups in total. The Morgan fingerprint density at radius 2 is 1.62 bits per heavy atom. The van der Waals surface area contributed by atoms with Gasteiger partial charge in [0.2, 0.25) is 0 Å². The quantitative estimate of drug-likeness (QED) is 0.884. The van der Waals surface area contributed by atoms with Crippen molar-refractivity contribution in [2.75, 3.05) is 0 Å². The lowest BCUT2D eigenvalue weighted by atomic mass is 10.1. The number of nitrogens with one attached hydrogen (secondary N) is 1. The molecule has 1 amide bonds. The van der Waals surface area contributed by atoms with Crippen molar-refractivity contribution in [3.8, 4) is 0 Å². The number of alkyl halides is 3. The monoisotopic (exact) mass is 298 g/mol. The summed E-state index contributed by atoms with van der Waals surface area (Å²) < 4.78 is 52.0. The molecule has 2 rings (SSSR count). The van der Waals surface area contributed by atoms with Crippen LogP contribution in [0.2, 0.25) is 0 Å². The van der Waals surface area contributed by atoms with Crippen molar-refractivity contribution in [1.29, 1.82) is 0 Å². The van der Waals surface area contributed by atoms with Gasteiger partial charge in [0.15, 0.2) is 6.04 Å². The van der Waals surface area contributed by atoms with Gasteiger partial charge in [0.25, 0.3) is 5.91 Å². The minimum Gasteiger partial charge on any atom is -0.337 e. The summed E-state index contributed by atoms with van der Waals surface area (Å²) in [5, 5.41) is 1.89. The van der Waals surface area contributed by atoms with Gasteiger partial charge in [-0.1, -0.05) is 12.1 Å². The fraction of sp³-hybridized carbons (Fsp3) is 0.143. The van der Waals surface area contributed by atoms with E-state index in [1.165, 1.54) is 24.5 Å². The molecule has 0 saturated heterocycles. The summed E-state index contributed by atoms with van der Waals surface area (Å²) in [5.41, 5.74) is -0.187. The molecule has 1 heterocycles. The van der Waals surface area contributed by atoms with E-state index >= 15 is 0 Å². The topological polar surface area (TPSA) is 42.0 Å². The lowest BCUT2D eigenvalue weighted by Gasteiger charge is -2.22. The zero-order valence-corrected chi connectivity index (χ0v) is 10.6. The van der Waals surface area contributed by atoms with Gasteiger partial charge in [-0.2, -0.15) is 13.2 Å². The summed E-state index contributed by atoms with van der Waals surface area (Å²) in [6.45, 7) is 0. The third kappa shape index (κ3) is 3.77. The number of hydrogen-bond acceptors (Lipinski definition) is 2. The van der Waals surface area contributed by atoms with Gasteiger partial charge >= 0.3 is 6.18 Å². The molecule has 21 heavy (non-hydrogen) atoms. The number of aromatic nitrogens is 1. The van der Waals surface area contributed by atoms with Crippen LogP contribution in [0.3, 0.4) is 0 Å². The Kier molecular flexibility index (Phi) is 4.21. The minimum absolute atomic E-state index is 0.0568. The molecule has 2 aromatic rings. The van der Waals surface area contributed by atoms with Gasteiger partial charge in [0.05, 0.1) is 0 Å². The van der Waals surface area contributed by atoms with E-state index in [-0.39, 0.29) is 11.1 Å². The second-order valence-electron chi connectivity index (χ2n) is 4.24. The number of carbonyl (C=O) groups is 1. The maximum Gasteiger partial charge on any atom is 0.412 e. The minimum atomic E-state index is -4.69. The normalized spacial score (nSPS) is 12.8.